The summed E-state index contributed by atoms with van der Waals surface area (Å²) in [5.74, 6) is 0. The fourth-order valence-corrected chi connectivity index (χ4v) is 5.91. The molecule has 0 bridgehead atoms. The number of para-hydroxylation sites is 2. The smallest absolute Gasteiger partial charge is 0.0541 e. The van der Waals surface area contributed by atoms with Gasteiger partial charge in [-0.15, -0.1) is 0 Å². The molecule has 0 N–H and O–H groups in total. The lowest BCUT2D eigenvalue weighted by molar-refractivity contribution is 1.18. The number of fused-ring (bicyclic) bond motifs is 6. The van der Waals surface area contributed by atoms with Crippen LogP contribution in [0.5, 0.6) is 0 Å². The molecule has 1 aliphatic carbocycles. The average Bonchev–Trinajstić information content (AvgIpc) is 3.24. The van der Waals surface area contributed by atoms with Crippen molar-refractivity contribution in [3.8, 4) is 5.69 Å². The molecule has 6 rings (SSSR count). The number of nitrogens with zero attached hydrogens (tertiary/aromatic N) is 1. The Morgan fingerprint density at radius 2 is 1.56 bits per heavy atom. The summed E-state index contributed by atoms with van der Waals surface area (Å²) >= 11 is 4.75. The van der Waals surface area contributed by atoms with E-state index in [2.05, 4.69) is 89.5 Å². The Balaban J connectivity index is 1.64. The van der Waals surface area contributed by atoms with E-state index in [1.807, 2.05) is 0 Å². The van der Waals surface area contributed by atoms with E-state index in [-0.39, 0.29) is 5.25 Å². The first kappa shape index (κ1) is 15.5. The number of aromatic nitrogens is 1. The Labute approximate surface area is 164 Å². The summed E-state index contributed by atoms with van der Waals surface area (Å²) in [4.78, 5) is 0. The molecule has 0 fully saturated rings. The molecule has 3 aromatic carbocycles. The van der Waals surface area contributed by atoms with Crippen LogP contribution in [0.25, 0.3) is 33.1 Å². The summed E-state index contributed by atoms with van der Waals surface area (Å²) in [6.45, 7) is 0. The SMILES string of the molecule is SC1C=CC=C2C1=Pc1ccc(-n3c4ccccc4c4ccccc43)cc12. The van der Waals surface area contributed by atoms with Gasteiger partial charge < -0.3 is 4.57 Å². The zero-order valence-electron chi connectivity index (χ0n) is 14.5. The Morgan fingerprint density at radius 1 is 0.852 bits per heavy atom. The molecule has 1 aromatic heterocycles. The fraction of sp³-hybridized carbons (Fsp3) is 0.0417. The molecule has 128 valence electrons. The Bertz CT molecular complexity index is 1290. The summed E-state index contributed by atoms with van der Waals surface area (Å²) in [6, 6.07) is 24.2. The third-order valence-corrected chi connectivity index (χ3v) is 7.49. The van der Waals surface area contributed by atoms with E-state index in [4.69, 9.17) is 12.6 Å². The lowest BCUT2D eigenvalue weighted by Gasteiger charge is -2.15. The van der Waals surface area contributed by atoms with Gasteiger partial charge in [0.25, 0.3) is 0 Å². The van der Waals surface area contributed by atoms with Crippen LogP contribution in [0.3, 0.4) is 0 Å². The summed E-state index contributed by atoms with van der Waals surface area (Å²) in [5.41, 5.74) is 6.41. The zero-order valence-corrected chi connectivity index (χ0v) is 16.3. The number of rotatable bonds is 1. The van der Waals surface area contributed by atoms with E-state index in [1.54, 1.807) is 0 Å². The van der Waals surface area contributed by atoms with E-state index >= 15 is 0 Å². The van der Waals surface area contributed by atoms with Gasteiger partial charge in [-0.25, -0.2) is 0 Å². The van der Waals surface area contributed by atoms with Crippen LogP contribution < -0.4 is 5.30 Å². The zero-order chi connectivity index (χ0) is 18.0. The second-order valence-electron chi connectivity index (χ2n) is 6.98. The molecule has 4 aromatic rings. The van der Waals surface area contributed by atoms with Crippen molar-refractivity contribution < 1.29 is 0 Å². The highest BCUT2D eigenvalue weighted by molar-refractivity contribution is 7.83. The van der Waals surface area contributed by atoms with Gasteiger partial charge in [0, 0.05) is 32.3 Å². The minimum atomic E-state index is 0.218. The molecule has 0 radical (unpaired) electrons. The molecule has 27 heavy (non-hydrogen) atoms. The highest BCUT2D eigenvalue weighted by Crippen LogP contribution is 2.37. The Morgan fingerprint density at radius 3 is 2.30 bits per heavy atom. The first-order valence-corrected chi connectivity index (χ1v) is 10.5. The maximum absolute atomic E-state index is 4.75. The van der Waals surface area contributed by atoms with Crippen molar-refractivity contribution in [3.63, 3.8) is 0 Å². The van der Waals surface area contributed by atoms with Gasteiger partial charge >= 0.3 is 0 Å². The van der Waals surface area contributed by atoms with Crippen LogP contribution in [-0.4, -0.2) is 15.1 Å². The van der Waals surface area contributed by atoms with Crippen molar-refractivity contribution in [2.75, 3.05) is 0 Å². The molecule has 3 heteroatoms. The first-order valence-electron chi connectivity index (χ1n) is 9.10. The van der Waals surface area contributed by atoms with Crippen molar-refractivity contribution in [1.82, 2.24) is 4.57 Å². The van der Waals surface area contributed by atoms with Crippen molar-refractivity contribution >= 4 is 58.8 Å². The van der Waals surface area contributed by atoms with Crippen LogP contribution in [0.2, 0.25) is 0 Å². The highest BCUT2D eigenvalue weighted by Gasteiger charge is 2.25. The third kappa shape index (κ3) is 2.18. The van der Waals surface area contributed by atoms with Gasteiger partial charge in [-0.3, -0.25) is 0 Å². The molecule has 2 heterocycles. The van der Waals surface area contributed by atoms with E-state index in [0.29, 0.717) is 0 Å². The van der Waals surface area contributed by atoms with Crippen LogP contribution in [0, 0.1) is 0 Å². The average molecular weight is 381 g/mol. The molecule has 1 atom stereocenters. The largest absolute Gasteiger partial charge is 0.309 e. The number of benzene rings is 3. The molecular weight excluding hydrogens is 365 g/mol. The van der Waals surface area contributed by atoms with Crippen molar-refractivity contribution in [3.05, 3.63) is 90.5 Å². The Hall–Kier alpha value is -2.54. The van der Waals surface area contributed by atoms with Crippen LogP contribution in [0.15, 0.2) is 85.0 Å². The van der Waals surface area contributed by atoms with Gasteiger partial charge in [0.2, 0.25) is 0 Å². The van der Waals surface area contributed by atoms with E-state index in [0.717, 1.165) is 0 Å². The van der Waals surface area contributed by atoms with Crippen LogP contribution in [0.1, 0.15) is 5.56 Å². The number of thiol groups is 1. The highest BCUT2D eigenvalue weighted by atomic mass is 32.1. The van der Waals surface area contributed by atoms with Gasteiger partial charge in [0.1, 0.15) is 0 Å². The topological polar surface area (TPSA) is 4.93 Å². The van der Waals surface area contributed by atoms with Gasteiger partial charge in [0.15, 0.2) is 0 Å². The quantitative estimate of drug-likeness (QED) is 0.314. The normalized spacial score (nSPS) is 18.3. The minimum Gasteiger partial charge on any atom is -0.309 e. The number of allylic oxidation sites excluding steroid dienone is 3. The van der Waals surface area contributed by atoms with Crippen LogP contribution in [-0.2, 0) is 0 Å². The molecular formula is C24H16NPS. The van der Waals surface area contributed by atoms with E-state index < -0.39 is 0 Å². The van der Waals surface area contributed by atoms with Crippen molar-refractivity contribution in [2.45, 2.75) is 5.25 Å². The summed E-state index contributed by atoms with van der Waals surface area (Å²) in [6.07, 6.45) is 6.53. The molecule has 0 saturated carbocycles. The molecule has 2 aliphatic rings. The van der Waals surface area contributed by atoms with Crippen molar-refractivity contribution in [1.29, 1.82) is 0 Å². The lowest BCUT2D eigenvalue weighted by atomic mass is 9.97. The predicted octanol–water partition coefficient (Wildman–Crippen LogP) is 5.79. The van der Waals surface area contributed by atoms with Crippen molar-refractivity contribution in [2.24, 2.45) is 0 Å². The maximum Gasteiger partial charge on any atom is 0.0541 e. The standard InChI is InChI=1S/C24H16NPS/c27-23-11-5-8-18-19-14-15(12-13-22(19)26-24(18)23)25-20-9-3-1-6-16(20)17-7-2-4-10-21(17)25/h1-14,23,27H. The van der Waals surface area contributed by atoms with Crippen LogP contribution >= 0.6 is 20.8 Å². The van der Waals surface area contributed by atoms with E-state index in [1.165, 1.54) is 57.4 Å². The van der Waals surface area contributed by atoms with Gasteiger partial charge in [-0.05, 0) is 41.5 Å². The summed E-state index contributed by atoms with van der Waals surface area (Å²) < 4.78 is 2.39. The maximum atomic E-state index is 4.75. The monoisotopic (exact) mass is 381 g/mol. The second-order valence-corrected chi connectivity index (χ2v) is 8.72. The Kier molecular flexibility index (Phi) is 3.29. The summed E-state index contributed by atoms with van der Waals surface area (Å²) in [7, 11) is 1.29. The molecule has 1 nitrogen and oxygen atoms in total. The first-order chi connectivity index (χ1) is 13.3. The van der Waals surface area contributed by atoms with Gasteiger partial charge in [-0.2, -0.15) is 12.6 Å². The van der Waals surface area contributed by atoms with E-state index in [9.17, 15) is 0 Å². The molecule has 0 saturated heterocycles. The van der Waals surface area contributed by atoms with Crippen LogP contribution in [0.4, 0.5) is 0 Å². The molecule has 0 spiro atoms. The summed E-state index contributed by atoms with van der Waals surface area (Å²) in [5, 5.41) is 5.60. The second kappa shape index (κ2) is 5.73. The lowest BCUT2D eigenvalue weighted by Crippen LogP contribution is -2.12. The molecule has 1 aliphatic heterocycles. The number of hydrogen-bond acceptors (Lipinski definition) is 1. The fourth-order valence-electron chi connectivity index (χ4n) is 4.25. The number of hydrogen-bond donors (Lipinski definition) is 1. The minimum absolute atomic E-state index is 0.218. The predicted molar refractivity (Wildman–Crippen MR) is 122 cm³/mol. The molecule has 0 amide bonds. The van der Waals surface area contributed by atoms with Gasteiger partial charge in [-0.1, -0.05) is 62.8 Å². The third-order valence-electron chi connectivity index (χ3n) is 5.46. The molecule has 1 unspecified atom stereocenters. The van der Waals surface area contributed by atoms with Gasteiger partial charge in [0.05, 0.1) is 11.0 Å².